The number of rotatable bonds is 9. The molecule has 0 aliphatic carbocycles. The normalized spacial score (nSPS) is 16.1. The Hall–Kier alpha value is -3.07. The van der Waals surface area contributed by atoms with Gasteiger partial charge < -0.3 is 30.5 Å². The number of urea groups is 1. The van der Waals surface area contributed by atoms with Crippen molar-refractivity contribution in [3.63, 3.8) is 0 Å². The maximum Gasteiger partial charge on any atom is 0.340 e. The molecule has 0 aromatic heterocycles. The van der Waals surface area contributed by atoms with Crippen LogP contribution < -0.4 is 16.0 Å². The molecule has 0 spiro atoms. The van der Waals surface area contributed by atoms with Gasteiger partial charge in [0.2, 0.25) is 0 Å². The van der Waals surface area contributed by atoms with Gasteiger partial charge in [-0.1, -0.05) is 19.1 Å². The van der Waals surface area contributed by atoms with Crippen molar-refractivity contribution in [3.05, 3.63) is 41.1 Å². The molecule has 152 valence electrons. The monoisotopic (exact) mass is 391 g/mol. The molecule has 0 fully saturated rings. The Kier molecular flexibility index (Phi) is 7.82. The van der Waals surface area contributed by atoms with Crippen LogP contribution in [0.15, 0.2) is 35.5 Å². The highest BCUT2D eigenvalue weighted by Gasteiger charge is 2.32. The summed E-state index contributed by atoms with van der Waals surface area (Å²) in [6, 6.07) is 5.70. The van der Waals surface area contributed by atoms with Gasteiger partial charge in [0.15, 0.2) is 0 Å². The first-order valence-corrected chi connectivity index (χ1v) is 9.10. The van der Waals surface area contributed by atoms with E-state index in [-0.39, 0.29) is 43.2 Å². The standard InChI is InChI=1S/C19H25N3O6/c1-3-13-16(18(25)27-4-2)15(22-19(26)21-13)11-28-17(24)12-7-5-6-8-14(12)20-9-10-23/h5-8,13,20,23H,3-4,9-11H2,1-2H3,(H2,21,22,26)/t13-/m0/s1. The Bertz CT molecular complexity index is 762. The van der Waals surface area contributed by atoms with Crippen LogP contribution in [0.3, 0.4) is 0 Å². The topological polar surface area (TPSA) is 126 Å². The fraction of sp³-hybridized carbons (Fsp3) is 0.421. The molecule has 2 amide bonds. The van der Waals surface area contributed by atoms with E-state index < -0.39 is 24.0 Å². The van der Waals surface area contributed by atoms with Crippen molar-refractivity contribution in [2.45, 2.75) is 26.3 Å². The molecule has 9 heteroatoms. The zero-order chi connectivity index (χ0) is 20.5. The lowest BCUT2D eigenvalue weighted by atomic mass is 10.0. The first-order chi connectivity index (χ1) is 13.5. The highest BCUT2D eigenvalue weighted by Crippen LogP contribution is 2.19. The van der Waals surface area contributed by atoms with Crippen molar-refractivity contribution in [2.24, 2.45) is 0 Å². The predicted octanol–water partition coefficient (Wildman–Crippen LogP) is 1.16. The van der Waals surface area contributed by atoms with Gasteiger partial charge in [0.05, 0.1) is 36.1 Å². The average Bonchev–Trinajstić information content (AvgIpc) is 2.70. The molecule has 9 nitrogen and oxygen atoms in total. The summed E-state index contributed by atoms with van der Waals surface area (Å²) < 4.78 is 10.4. The van der Waals surface area contributed by atoms with Crippen LogP contribution in [-0.2, 0) is 14.3 Å². The summed E-state index contributed by atoms with van der Waals surface area (Å²) >= 11 is 0. The average molecular weight is 391 g/mol. The van der Waals surface area contributed by atoms with E-state index in [0.29, 0.717) is 12.1 Å². The van der Waals surface area contributed by atoms with E-state index in [9.17, 15) is 14.4 Å². The minimum atomic E-state index is -0.627. The van der Waals surface area contributed by atoms with Gasteiger partial charge in [-0.15, -0.1) is 0 Å². The molecule has 0 bridgehead atoms. The van der Waals surface area contributed by atoms with Gasteiger partial charge >= 0.3 is 18.0 Å². The molecule has 1 aliphatic heterocycles. The predicted molar refractivity (Wildman–Crippen MR) is 102 cm³/mol. The van der Waals surface area contributed by atoms with E-state index in [1.807, 2.05) is 6.92 Å². The van der Waals surface area contributed by atoms with Gasteiger partial charge in [0.1, 0.15) is 6.61 Å². The molecule has 0 saturated heterocycles. The first-order valence-electron chi connectivity index (χ1n) is 9.10. The van der Waals surface area contributed by atoms with E-state index in [4.69, 9.17) is 14.6 Å². The molecule has 4 N–H and O–H groups in total. The lowest BCUT2D eigenvalue weighted by Gasteiger charge is -2.28. The summed E-state index contributed by atoms with van der Waals surface area (Å²) in [7, 11) is 0. The number of para-hydroxylation sites is 1. The number of hydrogen-bond acceptors (Lipinski definition) is 7. The molecular formula is C19H25N3O6. The fourth-order valence-corrected chi connectivity index (χ4v) is 2.80. The maximum atomic E-state index is 12.5. The molecule has 1 aromatic carbocycles. The molecule has 1 heterocycles. The SMILES string of the molecule is CCOC(=O)C1=C(COC(=O)c2ccccc2NCCO)NC(=O)N[C@H]1CC. The van der Waals surface area contributed by atoms with Gasteiger partial charge in [0.25, 0.3) is 0 Å². The van der Waals surface area contributed by atoms with Crippen molar-refractivity contribution in [1.82, 2.24) is 10.6 Å². The van der Waals surface area contributed by atoms with E-state index >= 15 is 0 Å². The van der Waals surface area contributed by atoms with Crippen molar-refractivity contribution in [3.8, 4) is 0 Å². The second-order valence-electron chi connectivity index (χ2n) is 5.94. The number of anilines is 1. The number of nitrogens with one attached hydrogen (secondary N) is 3. The largest absolute Gasteiger partial charge is 0.463 e. The second-order valence-corrected chi connectivity index (χ2v) is 5.94. The zero-order valence-electron chi connectivity index (χ0n) is 15.9. The minimum absolute atomic E-state index is 0.0867. The Morgan fingerprint density at radius 1 is 1.18 bits per heavy atom. The molecule has 1 atom stereocenters. The van der Waals surface area contributed by atoms with Gasteiger partial charge in [-0.25, -0.2) is 14.4 Å². The molecular weight excluding hydrogens is 366 g/mol. The summed E-state index contributed by atoms with van der Waals surface area (Å²) in [5, 5.41) is 17.1. The number of amides is 2. The maximum absolute atomic E-state index is 12.5. The van der Waals surface area contributed by atoms with Crippen molar-refractivity contribution in [1.29, 1.82) is 0 Å². The Morgan fingerprint density at radius 3 is 2.61 bits per heavy atom. The lowest BCUT2D eigenvalue weighted by molar-refractivity contribution is -0.139. The summed E-state index contributed by atoms with van der Waals surface area (Å²) in [6.07, 6.45) is 0.479. The van der Waals surface area contributed by atoms with E-state index in [0.717, 1.165) is 0 Å². The number of hydrogen-bond donors (Lipinski definition) is 4. The van der Waals surface area contributed by atoms with Crippen LogP contribution in [-0.4, -0.2) is 55.5 Å². The Balaban J connectivity index is 2.21. The summed E-state index contributed by atoms with van der Waals surface area (Å²) in [6.45, 7) is 3.60. The second kappa shape index (κ2) is 10.3. The molecule has 0 saturated carbocycles. The third kappa shape index (κ3) is 5.23. The van der Waals surface area contributed by atoms with Crippen LogP contribution in [0.5, 0.6) is 0 Å². The van der Waals surface area contributed by atoms with Crippen LogP contribution in [0.4, 0.5) is 10.5 Å². The summed E-state index contributed by atoms with van der Waals surface area (Å²) in [5.74, 6) is -1.20. The highest BCUT2D eigenvalue weighted by atomic mass is 16.5. The van der Waals surface area contributed by atoms with E-state index in [1.165, 1.54) is 0 Å². The third-order valence-corrected chi connectivity index (χ3v) is 4.07. The number of aliphatic hydroxyl groups excluding tert-OH is 1. The van der Waals surface area contributed by atoms with E-state index in [2.05, 4.69) is 16.0 Å². The number of aliphatic hydroxyl groups is 1. The quantitative estimate of drug-likeness (QED) is 0.465. The zero-order valence-corrected chi connectivity index (χ0v) is 15.9. The summed E-state index contributed by atoms with van der Waals surface area (Å²) in [4.78, 5) is 36.7. The van der Waals surface area contributed by atoms with Gasteiger partial charge in [-0.05, 0) is 25.5 Å². The first kappa shape index (κ1) is 21.2. The summed E-state index contributed by atoms with van der Waals surface area (Å²) in [5.41, 5.74) is 1.23. The number of benzene rings is 1. The fourth-order valence-electron chi connectivity index (χ4n) is 2.80. The van der Waals surface area contributed by atoms with Crippen molar-refractivity contribution >= 4 is 23.7 Å². The molecule has 0 radical (unpaired) electrons. The smallest absolute Gasteiger partial charge is 0.340 e. The van der Waals surface area contributed by atoms with Crippen LogP contribution in [0, 0.1) is 0 Å². The number of esters is 2. The number of ether oxygens (including phenoxy) is 2. The van der Waals surface area contributed by atoms with Gasteiger partial charge in [-0.2, -0.15) is 0 Å². The molecule has 2 rings (SSSR count). The van der Waals surface area contributed by atoms with Crippen molar-refractivity contribution < 1.29 is 29.0 Å². The van der Waals surface area contributed by atoms with Crippen molar-refractivity contribution in [2.75, 3.05) is 31.7 Å². The third-order valence-electron chi connectivity index (χ3n) is 4.07. The van der Waals surface area contributed by atoms with Crippen LogP contribution in [0.25, 0.3) is 0 Å². The lowest BCUT2D eigenvalue weighted by Crippen LogP contribution is -2.51. The number of carbonyl (C=O) groups excluding carboxylic acids is 3. The highest BCUT2D eigenvalue weighted by molar-refractivity contribution is 5.97. The van der Waals surface area contributed by atoms with Crippen LogP contribution in [0.1, 0.15) is 30.6 Å². The molecule has 1 aliphatic rings. The van der Waals surface area contributed by atoms with Gasteiger partial charge in [-0.3, -0.25) is 0 Å². The van der Waals surface area contributed by atoms with Crippen LogP contribution >= 0.6 is 0 Å². The molecule has 0 unspecified atom stereocenters. The van der Waals surface area contributed by atoms with E-state index in [1.54, 1.807) is 31.2 Å². The van der Waals surface area contributed by atoms with Gasteiger partial charge in [0, 0.05) is 12.2 Å². The number of carbonyl (C=O) groups is 3. The Morgan fingerprint density at radius 2 is 1.93 bits per heavy atom. The Labute approximate surface area is 163 Å². The molecule has 28 heavy (non-hydrogen) atoms. The minimum Gasteiger partial charge on any atom is -0.463 e. The molecule has 1 aromatic rings. The van der Waals surface area contributed by atoms with Crippen LogP contribution in [0.2, 0.25) is 0 Å².